The molecule has 2 aromatic heterocycles. The molecule has 29 heavy (non-hydrogen) atoms. The Kier molecular flexibility index (Phi) is 5.76. The zero-order valence-corrected chi connectivity index (χ0v) is 16.9. The van der Waals surface area contributed by atoms with Crippen LogP contribution in [0.3, 0.4) is 0 Å². The number of rotatable bonds is 7. The van der Waals surface area contributed by atoms with Crippen molar-refractivity contribution in [2.45, 2.75) is 40.7 Å². The Balaban J connectivity index is 1.73. The number of aromatic carboxylic acids is 1. The number of amides is 1. The summed E-state index contributed by atoms with van der Waals surface area (Å²) in [5.74, 6) is -0.831. The maximum Gasteiger partial charge on any atom is 0.358 e. The van der Waals surface area contributed by atoms with Gasteiger partial charge in [-0.15, -0.1) is 5.10 Å². The second-order valence-electron chi connectivity index (χ2n) is 7.35. The SMILES string of the molecule is Cc1nn(CC(C)C)c(C)c1CC(=O)Nc1cccc(-n2cc(C(=O)O)nn2)c1. The van der Waals surface area contributed by atoms with E-state index < -0.39 is 5.97 Å². The van der Waals surface area contributed by atoms with Gasteiger partial charge in [-0.25, -0.2) is 9.48 Å². The van der Waals surface area contributed by atoms with E-state index in [4.69, 9.17) is 5.11 Å². The van der Waals surface area contributed by atoms with Gasteiger partial charge in [0.15, 0.2) is 5.69 Å². The van der Waals surface area contributed by atoms with E-state index in [1.807, 2.05) is 18.5 Å². The Morgan fingerprint density at radius 1 is 1.24 bits per heavy atom. The number of carbonyl (C=O) groups is 2. The van der Waals surface area contributed by atoms with Crippen molar-refractivity contribution in [1.29, 1.82) is 0 Å². The number of benzene rings is 1. The summed E-state index contributed by atoms with van der Waals surface area (Å²) < 4.78 is 3.30. The highest BCUT2D eigenvalue weighted by Crippen LogP contribution is 2.18. The van der Waals surface area contributed by atoms with E-state index in [2.05, 4.69) is 34.6 Å². The van der Waals surface area contributed by atoms with Gasteiger partial charge in [-0.05, 0) is 38.0 Å². The maximum atomic E-state index is 12.6. The molecule has 0 saturated heterocycles. The molecule has 0 bridgehead atoms. The van der Waals surface area contributed by atoms with Gasteiger partial charge in [0.2, 0.25) is 5.91 Å². The average Bonchev–Trinajstić information content (AvgIpc) is 3.23. The average molecular weight is 396 g/mol. The van der Waals surface area contributed by atoms with Crippen LogP contribution in [0.5, 0.6) is 0 Å². The number of aromatic nitrogens is 5. The van der Waals surface area contributed by atoms with Crippen molar-refractivity contribution in [3.63, 3.8) is 0 Å². The standard InChI is InChI=1S/C20H24N6O3/c1-12(2)10-25-14(4)17(13(3)23-25)9-19(27)21-15-6-5-7-16(8-15)26-11-18(20(28)29)22-24-26/h5-8,11-12H,9-10H2,1-4H3,(H,21,27)(H,28,29). The molecule has 0 radical (unpaired) electrons. The van der Waals surface area contributed by atoms with Crippen LogP contribution in [0.2, 0.25) is 0 Å². The lowest BCUT2D eigenvalue weighted by molar-refractivity contribution is -0.115. The van der Waals surface area contributed by atoms with Crippen LogP contribution >= 0.6 is 0 Å². The normalized spacial score (nSPS) is 11.1. The Labute approximate surface area is 168 Å². The number of nitrogens with zero attached hydrogens (tertiary/aromatic N) is 5. The van der Waals surface area contributed by atoms with E-state index in [1.54, 1.807) is 24.3 Å². The first-order chi connectivity index (χ1) is 13.7. The second-order valence-corrected chi connectivity index (χ2v) is 7.35. The minimum atomic E-state index is -1.15. The van der Waals surface area contributed by atoms with Gasteiger partial charge < -0.3 is 10.4 Å². The van der Waals surface area contributed by atoms with E-state index >= 15 is 0 Å². The third kappa shape index (κ3) is 4.68. The Bertz CT molecular complexity index is 1050. The molecule has 0 fully saturated rings. The van der Waals surface area contributed by atoms with Crippen molar-refractivity contribution in [3.8, 4) is 5.69 Å². The summed E-state index contributed by atoms with van der Waals surface area (Å²) in [4.78, 5) is 23.6. The summed E-state index contributed by atoms with van der Waals surface area (Å²) in [6.45, 7) is 8.97. The van der Waals surface area contributed by atoms with E-state index in [0.717, 1.165) is 23.5 Å². The van der Waals surface area contributed by atoms with Crippen molar-refractivity contribution < 1.29 is 14.7 Å². The quantitative estimate of drug-likeness (QED) is 0.634. The molecule has 0 aliphatic heterocycles. The lowest BCUT2D eigenvalue weighted by Gasteiger charge is -2.09. The van der Waals surface area contributed by atoms with Gasteiger partial charge in [-0.2, -0.15) is 5.10 Å². The maximum absolute atomic E-state index is 12.6. The molecule has 0 unspecified atom stereocenters. The molecule has 0 aliphatic carbocycles. The van der Waals surface area contributed by atoms with Crippen LogP contribution in [0.4, 0.5) is 5.69 Å². The van der Waals surface area contributed by atoms with Gasteiger partial charge in [-0.1, -0.05) is 25.1 Å². The fourth-order valence-corrected chi connectivity index (χ4v) is 3.09. The summed E-state index contributed by atoms with van der Waals surface area (Å²) in [6.07, 6.45) is 1.55. The van der Waals surface area contributed by atoms with Crippen LogP contribution in [-0.2, 0) is 17.8 Å². The largest absolute Gasteiger partial charge is 0.476 e. The zero-order chi connectivity index (χ0) is 21.1. The highest BCUT2D eigenvalue weighted by atomic mass is 16.4. The highest BCUT2D eigenvalue weighted by Gasteiger charge is 2.16. The molecule has 0 saturated carbocycles. The Morgan fingerprint density at radius 3 is 2.66 bits per heavy atom. The van der Waals surface area contributed by atoms with Gasteiger partial charge in [0.25, 0.3) is 0 Å². The van der Waals surface area contributed by atoms with Crippen LogP contribution in [0.25, 0.3) is 5.69 Å². The smallest absolute Gasteiger partial charge is 0.358 e. The third-order valence-corrected chi connectivity index (χ3v) is 4.51. The molecule has 2 heterocycles. The van der Waals surface area contributed by atoms with Gasteiger partial charge in [0.05, 0.1) is 24.0 Å². The second kappa shape index (κ2) is 8.26. The fraction of sp³-hybridized carbons (Fsp3) is 0.350. The first-order valence-corrected chi connectivity index (χ1v) is 9.33. The topological polar surface area (TPSA) is 115 Å². The van der Waals surface area contributed by atoms with E-state index in [0.29, 0.717) is 17.3 Å². The molecule has 2 N–H and O–H groups in total. The number of anilines is 1. The number of carboxylic acid groups (broad SMARTS) is 1. The number of nitrogens with one attached hydrogen (secondary N) is 1. The first-order valence-electron chi connectivity index (χ1n) is 9.33. The van der Waals surface area contributed by atoms with Gasteiger partial charge in [0, 0.05) is 23.5 Å². The highest BCUT2D eigenvalue weighted by molar-refractivity contribution is 5.92. The van der Waals surface area contributed by atoms with E-state index in [9.17, 15) is 9.59 Å². The lowest BCUT2D eigenvalue weighted by Crippen LogP contribution is -2.16. The van der Waals surface area contributed by atoms with Crippen LogP contribution in [-0.4, -0.2) is 41.8 Å². The Morgan fingerprint density at radius 2 is 2.00 bits per heavy atom. The first kappa shape index (κ1) is 20.2. The summed E-state index contributed by atoms with van der Waals surface area (Å²) in [7, 11) is 0. The number of hydrogen-bond acceptors (Lipinski definition) is 5. The van der Waals surface area contributed by atoms with Crippen molar-refractivity contribution in [2.24, 2.45) is 5.92 Å². The predicted molar refractivity (Wildman–Crippen MR) is 107 cm³/mol. The Hall–Kier alpha value is -3.49. The van der Waals surface area contributed by atoms with Crippen LogP contribution in [0.1, 0.15) is 41.3 Å². The van der Waals surface area contributed by atoms with Crippen molar-refractivity contribution in [3.05, 3.63) is 53.1 Å². The van der Waals surface area contributed by atoms with E-state index in [-0.39, 0.29) is 18.0 Å². The molecule has 3 rings (SSSR count). The number of aryl methyl sites for hydroxylation is 1. The molecular formula is C20H24N6O3. The molecular weight excluding hydrogens is 372 g/mol. The fourth-order valence-electron chi connectivity index (χ4n) is 3.09. The summed E-state index contributed by atoms with van der Waals surface area (Å²) in [5.41, 5.74) is 3.83. The van der Waals surface area contributed by atoms with E-state index in [1.165, 1.54) is 10.9 Å². The number of hydrogen-bond donors (Lipinski definition) is 2. The molecule has 0 aliphatic rings. The van der Waals surface area contributed by atoms with Crippen molar-refractivity contribution in [1.82, 2.24) is 24.8 Å². The summed E-state index contributed by atoms with van der Waals surface area (Å²) in [5, 5.41) is 23.8. The van der Waals surface area contributed by atoms with Crippen molar-refractivity contribution in [2.75, 3.05) is 5.32 Å². The summed E-state index contributed by atoms with van der Waals surface area (Å²) >= 11 is 0. The van der Waals surface area contributed by atoms with Gasteiger partial charge in [0.1, 0.15) is 0 Å². The molecule has 152 valence electrons. The van der Waals surface area contributed by atoms with Crippen molar-refractivity contribution >= 4 is 17.6 Å². The van der Waals surface area contributed by atoms with Crippen LogP contribution in [0, 0.1) is 19.8 Å². The third-order valence-electron chi connectivity index (χ3n) is 4.51. The molecule has 0 spiro atoms. The van der Waals surface area contributed by atoms with Gasteiger partial charge >= 0.3 is 5.97 Å². The predicted octanol–water partition coefficient (Wildman–Crippen LogP) is 2.62. The van der Waals surface area contributed by atoms with Crippen LogP contribution < -0.4 is 5.32 Å². The molecule has 3 aromatic rings. The number of carbonyl (C=O) groups excluding carboxylic acids is 1. The minimum Gasteiger partial charge on any atom is -0.476 e. The van der Waals surface area contributed by atoms with Crippen LogP contribution in [0.15, 0.2) is 30.5 Å². The van der Waals surface area contributed by atoms with Gasteiger partial charge in [-0.3, -0.25) is 9.48 Å². The monoisotopic (exact) mass is 396 g/mol. The number of carboxylic acids is 1. The zero-order valence-electron chi connectivity index (χ0n) is 16.9. The lowest BCUT2D eigenvalue weighted by atomic mass is 10.1. The molecule has 9 heteroatoms. The molecule has 9 nitrogen and oxygen atoms in total. The minimum absolute atomic E-state index is 0.149. The summed E-state index contributed by atoms with van der Waals surface area (Å²) in [6, 6.07) is 6.98. The molecule has 0 atom stereocenters. The molecule has 1 aromatic carbocycles. The molecule has 1 amide bonds.